The van der Waals surface area contributed by atoms with E-state index >= 15 is 4.39 Å². The molecule has 0 spiro atoms. The number of carbonyl (C=O) groups is 1. The van der Waals surface area contributed by atoms with E-state index in [0.29, 0.717) is 30.8 Å². The predicted octanol–water partition coefficient (Wildman–Crippen LogP) is 3.86. The van der Waals surface area contributed by atoms with Crippen molar-refractivity contribution in [2.75, 3.05) is 30.0 Å². The molecule has 2 unspecified atom stereocenters. The molecule has 3 N–H and O–H groups in total. The Hall–Kier alpha value is -2.98. The van der Waals surface area contributed by atoms with Crippen LogP contribution in [0.2, 0.25) is 0 Å². The molecule has 0 radical (unpaired) electrons. The van der Waals surface area contributed by atoms with E-state index in [1.165, 1.54) is 34.5 Å². The number of piperidine rings is 1. The van der Waals surface area contributed by atoms with Gasteiger partial charge in [-0.25, -0.2) is 13.8 Å². The Kier molecular flexibility index (Phi) is 6.19. The molecule has 0 bridgehead atoms. The molecule has 2 aromatic heterocycles. The second-order valence-corrected chi connectivity index (χ2v) is 8.14. The number of amides is 1. The summed E-state index contributed by atoms with van der Waals surface area (Å²) in [4.78, 5) is 22.1. The van der Waals surface area contributed by atoms with Crippen LogP contribution in [0.4, 0.5) is 24.5 Å². The molecule has 162 valence electrons. The highest BCUT2D eigenvalue weighted by Crippen LogP contribution is 2.37. The van der Waals surface area contributed by atoms with Crippen molar-refractivity contribution in [1.82, 2.24) is 9.97 Å². The van der Waals surface area contributed by atoms with Crippen LogP contribution >= 0.6 is 11.3 Å². The lowest BCUT2D eigenvalue weighted by Gasteiger charge is -2.37. The van der Waals surface area contributed by atoms with Gasteiger partial charge >= 0.3 is 0 Å². The van der Waals surface area contributed by atoms with Gasteiger partial charge in [0, 0.05) is 59.6 Å². The molecule has 2 atom stereocenters. The summed E-state index contributed by atoms with van der Waals surface area (Å²) in [5.41, 5.74) is 8.12. The van der Waals surface area contributed by atoms with Gasteiger partial charge in [0.2, 0.25) is 0 Å². The average Bonchev–Trinajstić information content (AvgIpc) is 3.31. The summed E-state index contributed by atoms with van der Waals surface area (Å²) >= 11 is 1.20. The van der Waals surface area contributed by atoms with Gasteiger partial charge < -0.3 is 16.0 Å². The number of aromatic nitrogens is 2. The smallest absolute Gasteiger partial charge is 0.275 e. The minimum atomic E-state index is -0.929. The zero-order chi connectivity index (χ0) is 22.0. The number of pyridine rings is 1. The lowest BCUT2D eigenvalue weighted by Crippen LogP contribution is -2.47. The van der Waals surface area contributed by atoms with E-state index in [-0.39, 0.29) is 23.2 Å². The van der Waals surface area contributed by atoms with Gasteiger partial charge in [0.15, 0.2) is 5.82 Å². The zero-order valence-corrected chi connectivity index (χ0v) is 17.2. The summed E-state index contributed by atoms with van der Waals surface area (Å²) in [5, 5.41) is 3.75. The first-order valence-electron chi connectivity index (χ1n) is 9.66. The summed E-state index contributed by atoms with van der Waals surface area (Å²) < 4.78 is 43.1. The third-order valence-corrected chi connectivity index (χ3v) is 5.80. The van der Waals surface area contributed by atoms with Gasteiger partial charge in [-0.3, -0.25) is 14.2 Å². The van der Waals surface area contributed by atoms with E-state index in [1.807, 2.05) is 4.90 Å². The number of halogens is 3. The van der Waals surface area contributed by atoms with E-state index in [2.05, 4.69) is 15.3 Å². The molecule has 3 aromatic rings. The molecule has 1 fully saturated rings. The summed E-state index contributed by atoms with van der Waals surface area (Å²) in [6, 6.07) is 3.85. The SMILES string of the molecule is NC1CC(CF)CN(c2ccncc2-c2ccc(F)c(NC(=O)c3cscn3)c2F)C1. The van der Waals surface area contributed by atoms with E-state index in [1.54, 1.807) is 12.3 Å². The summed E-state index contributed by atoms with van der Waals surface area (Å²) in [6.07, 6.45) is 3.59. The molecule has 6 nitrogen and oxygen atoms in total. The highest BCUT2D eigenvalue weighted by molar-refractivity contribution is 7.07. The third kappa shape index (κ3) is 4.40. The molecule has 4 rings (SSSR count). The normalized spacial score (nSPS) is 18.8. The predicted molar refractivity (Wildman–Crippen MR) is 114 cm³/mol. The fraction of sp³-hybridized carbons (Fsp3) is 0.286. The number of hydrogen-bond acceptors (Lipinski definition) is 6. The molecule has 1 saturated heterocycles. The molecular weight excluding hydrogens is 427 g/mol. The van der Waals surface area contributed by atoms with Gasteiger partial charge in [-0.2, -0.15) is 0 Å². The second kappa shape index (κ2) is 9.03. The molecular formula is C21H20F3N5OS. The maximum Gasteiger partial charge on any atom is 0.275 e. The van der Waals surface area contributed by atoms with Crippen molar-refractivity contribution in [2.45, 2.75) is 12.5 Å². The zero-order valence-electron chi connectivity index (χ0n) is 16.4. The first kappa shape index (κ1) is 21.3. The topological polar surface area (TPSA) is 84.1 Å². The second-order valence-electron chi connectivity index (χ2n) is 7.43. The maximum absolute atomic E-state index is 15.4. The summed E-state index contributed by atoms with van der Waals surface area (Å²) in [7, 11) is 0. The fourth-order valence-electron chi connectivity index (χ4n) is 3.80. The van der Waals surface area contributed by atoms with Crippen LogP contribution in [0.5, 0.6) is 0 Å². The van der Waals surface area contributed by atoms with E-state index in [9.17, 15) is 13.6 Å². The number of alkyl halides is 1. The van der Waals surface area contributed by atoms with E-state index < -0.39 is 29.9 Å². The lowest BCUT2D eigenvalue weighted by molar-refractivity contribution is 0.102. The van der Waals surface area contributed by atoms with Crippen LogP contribution in [-0.2, 0) is 0 Å². The van der Waals surface area contributed by atoms with Gasteiger partial charge in [0.05, 0.1) is 12.2 Å². The highest BCUT2D eigenvalue weighted by atomic mass is 32.1. The Labute approximate surface area is 180 Å². The van der Waals surface area contributed by atoms with Gasteiger partial charge in [-0.1, -0.05) is 0 Å². The molecule has 0 saturated carbocycles. The van der Waals surface area contributed by atoms with Gasteiger partial charge in [0.1, 0.15) is 17.2 Å². The van der Waals surface area contributed by atoms with Gasteiger partial charge in [0.25, 0.3) is 5.91 Å². The van der Waals surface area contributed by atoms with Crippen LogP contribution in [0.15, 0.2) is 41.5 Å². The Bertz CT molecular complexity index is 1080. The van der Waals surface area contributed by atoms with Crippen molar-refractivity contribution in [2.24, 2.45) is 11.7 Å². The van der Waals surface area contributed by atoms with Gasteiger partial charge in [-0.05, 0) is 24.6 Å². The van der Waals surface area contributed by atoms with E-state index in [4.69, 9.17) is 5.73 Å². The molecule has 1 aliphatic heterocycles. The van der Waals surface area contributed by atoms with Crippen LogP contribution in [-0.4, -0.2) is 41.7 Å². The Morgan fingerprint density at radius 1 is 1.26 bits per heavy atom. The average molecular weight is 447 g/mol. The number of hydrogen-bond donors (Lipinski definition) is 2. The molecule has 3 heterocycles. The fourth-order valence-corrected chi connectivity index (χ4v) is 4.33. The monoisotopic (exact) mass is 447 g/mol. The number of nitrogens with two attached hydrogens (primary N) is 1. The standard InChI is InChI=1S/C21H20F3N5OS/c22-6-12-5-13(25)9-29(8-12)18-3-4-26-7-15(18)14-1-2-16(23)20(19(14)24)28-21(30)17-10-31-11-27-17/h1-4,7,10-13H,5-6,8-9,25H2,(H,28,30). The van der Waals surface area contributed by atoms with Crippen molar-refractivity contribution in [3.63, 3.8) is 0 Å². The van der Waals surface area contributed by atoms with E-state index in [0.717, 1.165) is 6.07 Å². The lowest BCUT2D eigenvalue weighted by atomic mass is 9.94. The number of carbonyl (C=O) groups excluding carboxylic acids is 1. The quantitative estimate of drug-likeness (QED) is 0.621. The minimum absolute atomic E-state index is 0.0639. The Morgan fingerprint density at radius 2 is 2.10 bits per heavy atom. The first-order chi connectivity index (χ1) is 15.0. The third-order valence-electron chi connectivity index (χ3n) is 5.21. The largest absolute Gasteiger partial charge is 0.369 e. The molecule has 1 amide bonds. The number of anilines is 2. The van der Waals surface area contributed by atoms with Crippen molar-refractivity contribution in [3.8, 4) is 11.1 Å². The molecule has 0 aliphatic carbocycles. The summed E-state index contributed by atoms with van der Waals surface area (Å²) in [5.74, 6) is -2.78. The Morgan fingerprint density at radius 3 is 2.84 bits per heavy atom. The van der Waals surface area contributed by atoms with Crippen LogP contribution in [0.3, 0.4) is 0 Å². The van der Waals surface area contributed by atoms with Crippen molar-refractivity contribution in [1.29, 1.82) is 0 Å². The number of nitrogens with zero attached hydrogens (tertiary/aromatic N) is 3. The maximum atomic E-state index is 15.4. The van der Waals surface area contributed by atoms with Gasteiger partial charge in [-0.15, -0.1) is 11.3 Å². The van der Waals surface area contributed by atoms with Crippen LogP contribution < -0.4 is 16.0 Å². The number of thiazole rings is 1. The van der Waals surface area contributed by atoms with Crippen molar-refractivity contribution < 1.29 is 18.0 Å². The molecule has 1 aliphatic rings. The Balaban J connectivity index is 1.71. The molecule has 1 aromatic carbocycles. The first-order valence-corrected chi connectivity index (χ1v) is 10.6. The van der Waals surface area contributed by atoms with Crippen LogP contribution in [0, 0.1) is 17.6 Å². The number of benzene rings is 1. The van der Waals surface area contributed by atoms with Crippen LogP contribution in [0.1, 0.15) is 16.9 Å². The molecule has 10 heteroatoms. The number of nitrogens with one attached hydrogen (secondary N) is 1. The number of rotatable bonds is 5. The van der Waals surface area contributed by atoms with Crippen molar-refractivity contribution in [3.05, 3.63) is 58.8 Å². The highest BCUT2D eigenvalue weighted by Gasteiger charge is 2.28. The van der Waals surface area contributed by atoms with Crippen LogP contribution in [0.25, 0.3) is 11.1 Å². The molecule has 31 heavy (non-hydrogen) atoms. The summed E-state index contributed by atoms with van der Waals surface area (Å²) in [6.45, 7) is 0.406. The van der Waals surface area contributed by atoms with Crippen molar-refractivity contribution >= 4 is 28.6 Å². The minimum Gasteiger partial charge on any atom is -0.369 e.